The van der Waals surface area contributed by atoms with Crippen LogP contribution in [0.4, 0.5) is 0 Å². The van der Waals surface area contributed by atoms with E-state index in [1.54, 1.807) is 0 Å². The molecule has 2 heterocycles. The largest absolute Gasteiger partial charge is 0.480 e. The van der Waals surface area contributed by atoms with Gasteiger partial charge < -0.3 is 14.6 Å². The molecule has 2 atom stereocenters. The predicted octanol–water partition coefficient (Wildman–Crippen LogP) is 2.35. The van der Waals surface area contributed by atoms with Crippen LogP contribution in [0.3, 0.4) is 0 Å². The Labute approximate surface area is 129 Å². The van der Waals surface area contributed by atoms with Crippen LogP contribution in [0.15, 0.2) is 36.5 Å². The van der Waals surface area contributed by atoms with Gasteiger partial charge in [-0.05, 0) is 36.3 Å². The van der Waals surface area contributed by atoms with E-state index < -0.39 is 12.0 Å². The molecule has 2 aromatic rings. The highest BCUT2D eigenvalue weighted by Crippen LogP contribution is 2.23. The standard InChI is InChI=1S/C17H20N2O3/c1-12-6-9-19(15(10-12)17(21)22)16(20)11-18-8-7-13-4-2-3-5-14(13)18/h2-5,7-8,12,15H,6,9-11H2,1H3,(H,21,22). The number of carbonyl (C=O) groups excluding carboxylic acids is 1. The zero-order valence-electron chi connectivity index (χ0n) is 12.6. The minimum absolute atomic E-state index is 0.124. The number of rotatable bonds is 3. The van der Waals surface area contributed by atoms with Crippen LogP contribution in [0.2, 0.25) is 0 Å². The molecule has 0 aliphatic carbocycles. The van der Waals surface area contributed by atoms with Crippen molar-refractivity contribution in [2.24, 2.45) is 5.92 Å². The lowest BCUT2D eigenvalue weighted by Crippen LogP contribution is -2.50. The summed E-state index contributed by atoms with van der Waals surface area (Å²) in [6.45, 7) is 2.75. The Morgan fingerprint density at radius 1 is 1.27 bits per heavy atom. The molecule has 1 amide bonds. The average Bonchev–Trinajstić information content (AvgIpc) is 2.90. The summed E-state index contributed by atoms with van der Waals surface area (Å²) in [4.78, 5) is 25.5. The fourth-order valence-corrected chi connectivity index (χ4v) is 3.19. The van der Waals surface area contributed by atoms with Gasteiger partial charge in [-0.25, -0.2) is 4.79 Å². The van der Waals surface area contributed by atoms with Gasteiger partial charge in [-0.1, -0.05) is 25.1 Å². The molecule has 1 aliphatic heterocycles. The molecule has 2 unspecified atom stereocenters. The van der Waals surface area contributed by atoms with Crippen LogP contribution in [0, 0.1) is 5.92 Å². The molecule has 0 radical (unpaired) electrons. The average molecular weight is 300 g/mol. The number of hydrogen-bond donors (Lipinski definition) is 1. The maximum atomic E-state index is 12.6. The quantitative estimate of drug-likeness (QED) is 0.946. The lowest BCUT2D eigenvalue weighted by molar-refractivity contribution is -0.153. The van der Waals surface area contributed by atoms with Crippen molar-refractivity contribution in [2.75, 3.05) is 6.54 Å². The van der Waals surface area contributed by atoms with Crippen LogP contribution in [0.1, 0.15) is 19.8 Å². The smallest absolute Gasteiger partial charge is 0.326 e. The number of carbonyl (C=O) groups is 2. The number of carboxylic acids is 1. The normalized spacial score (nSPS) is 22.0. The van der Waals surface area contributed by atoms with Crippen LogP contribution in [0.25, 0.3) is 10.9 Å². The van der Waals surface area contributed by atoms with E-state index in [2.05, 4.69) is 0 Å². The summed E-state index contributed by atoms with van der Waals surface area (Å²) in [5, 5.41) is 10.5. The highest BCUT2D eigenvalue weighted by molar-refractivity contribution is 5.86. The first-order valence-electron chi connectivity index (χ1n) is 7.62. The highest BCUT2D eigenvalue weighted by Gasteiger charge is 2.34. The van der Waals surface area contributed by atoms with Crippen molar-refractivity contribution in [3.8, 4) is 0 Å². The monoisotopic (exact) mass is 300 g/mol. The Hall–Kier alpha value is -2.30. The van der Waals surface area contributed by atoms with Crippen LogP contribution in [-0.4, -0.2) is 39.0 Å². The van der Waals surface area contributed by atoms with Gasteiger partial charge in [0.2, 0.25) is 5.91 Å². The molecule has 1 saturated heterocycles. The Morgan fingerprint density at radius 2 is 2.05 bits per heavy atom. The number of hydrogen-bond acceptors (Lipinski definition) is 2. The van der Waals surface area contributed by atoms with Crippen LogP contribution in [0.5, 0.6) is 0 Å². The molecule has 5 heteroatoms. The molecule has 22 heavy (non-hydrogen) atoms. The number of aliphatic carboxylic acids is 1. The van der Waals surface area contributed by atoms with Gasteiger partial charge in [0.25, 0.3) is 0 Å². The number of amides is 1. The molecule has 3 rings (SSSR count). The van der Waals surface area contributed by atoms with Crippen LogP contribution < -0.4 is 0 Å². The second-order valence-electron chi connectivity index (χ2n) is 6.07. The zero-order chi connectivity index (χ0) is 15.7. The maximum absolute atomic E-state index is 12.6. The van der Waals surface area contributed by atoms with E-state index in [1.165, 1.54) is 4.90 Å². The third-order valence-electron chi connectivity index (χ3n) is 4.46. The molecule has 116 valence electrons. The lowest BCUT2D eigenvalue weighted by atomic mass is 9.92. The molecular weight excluding hydrogens is 280 g/mol. The van der Waals surface area contributed by atoms with Crippen molar-refractivity contribution in [1.29, 1.82) is 0 Å². The van der Waals surface area contributed by atoms with E-state index in [0.717, 1.165) is 17.3 Å². The van der Waals surface area contributed by atoms with Crippen LogP contribution in [-0.2, 0) is 16.1 Å². The van der Waals surface area contributed by atoms with Crippen LogP contribution >= 0.6 is 0 Å². The van der Waals surface area contributed by atoms with Gasteiger partial charge in [0, 0.05) is 18.3 Å². The molecule has 1 aromatic carbocycles. The first-order valence-corrected chi connectivity index (χ1v) is 7.62. The fourth-order valence-electron chi connectivity index (χ4n) is 3.19. The van der Waals surface area contributed by atoms with Crippen molar-refractivity contribution in [2.45, 2.75) is 32.4 Å². The first kappa shape index (κ1) is 14.6. The van der Waals surface area contributed by atoms with Gasteiger partial charge in [-0.15, -0.1) is 0 Å². The summed E-state index contributed by atoms with van der Waals surface area (Å²) in [6, 6.07) is 9.13. The van der Waals surface area contributed by atoms with Gasteiger partial charge in [0.1, 0.15) is 12.6 Å². The van der Waals surface area contributed by atoms with E-state index in [4.69, 9.17) is 0 Å². The van der Waals surface area contributed by atoms with E-state index in [1.807, 2.05) is 48.0 Å². The lowest BCUT2D eigenvalue weighted by Gasteiger charge is -2.36. The van der Waals surface area contributed by atoms with Crippen molar-refractivity contribution >= 4 is 22.8 Å². The SMILES string of the molecule is CC1CCN(C(=O)Cn2ccc3ccccc32)C(C(=O)O)C1. The number of likely N-dealkylation sites (tertiary alicyclic amines) is 1. The third kappa shape index (κ3) is 2.71. The summed E-state index contributed by atoms with van der Waals surface area (Å²) in [5.41, 5.74) is 0.994. The van der Waals surface area contributed by atoms with E-state index in [9.17, 15) is 14.7 Å². The topological polar surface area (TPSA) is 62.5 Å². The predicted molar refractivity (Wildman–Crippen MR) is 83.5 cm³/mol. The second kappa shape index (κ2) is 5.83. The molecule has 0 bridgehead atoms. The fraction of sp³-hybridized carbons (Fsp3) is 0.412. The summed E-state index contributed by atoms with van der Waals surface area (Å²) < 4.78 is 1.88. The molecule has 1 aromatic heterocycles. The number of benzene rings is 1. The minimum atomic E-state index is -0.905. The molecule has 5 nitrogen and oxygen atoms in total. The van der Waals surface area contributed by atoms with Crippen molar-refractivity contribution < 1.29 is 14.7 Å². The summed E-state index contributed by atoms with van der Waals surface area (Å²) in [6.07, 6.45) is 3.28. The summed E-state index contributed by atoms with van der Waals surface area (Å²) in [7, 11) is 0. The Morgan fingerprint density at radius 3 is 2.82 bits per heavy atom. The van der Waals surface area contributed by atoms with Gasteiger partial charge in [-0.2, -0.15) is 0 Å². The maximum Gasteiger partial charge on any atom is 0.326 e. The molecule has 1 fully saturated rings. The van der Waals surface area contributed by atoms with E-state index >= 15 is 0 Å². The number of piperidine rings is 1. The highest BCUT2D eigenvalue weighted by atomic mass is 16.4. The van der Waals surface area contributed by atoms with Gasteiger partial charge >= 0.3 is 5.97 Å². The molecule has 1 aliphatic rings. The number of nitrogens with zero attached hydrogens (tertiary/aromatic N) is 2. The van der Waals surface area contributed by atoms with Gasteiger partial charge in [0.05, 0.1) is 0 Å². The Balaban J connectivity index is 1.80. The minimum Gasteiger partial charge on any atom is -0.480 e. The zero-order valence-corrected chi connectivity index (χ0v) is 12.6. The third-order valence-corrected chi connectivity index (χ3v) is 4.46. The molecule has 0 spiro atoms. The Kier molecular flexibility index (Phi) is 3.88. The summed E-state index contributed by atoms with van der Waals surface area (Å²) in [5.74, 6) is -0.685. The van der Waals surface area contributed by atoms with E-state index in [0.29, 0.717) is 18.9 Å². The molecule has 0 saturated carbocycles. The van der Waals surface area contributed by atoms with E-state index in [-0.39, 0.29) is 12.5 Å². The molecule has 1 N–H and O–H groups in total. The Bertz CT molecular complexity index is 707. The van der Waals surface area contributed by atoms with Crippen molar-refractivity contribution in [3.05, 3.63) is 36.5 Å². The molecular formula is C17H20N2O3. The van der Waals surface area contributed by atoms with Gasteiger partial charge in [-0.3, -0.25) is 4.79 Å². The summed E-state index contributed by atoms with van der Waals surface area (Å²) >= 11 is 0. The van der Waals surface area contributed by atoms with Crippen molar-refractivity contribution in [1.82, 2.24) is 9.47 Å². The number of fused-ring (bicyclic) bond motifs is 1. The van der Waals surface area contributed by atoms with Gasteiger partial charge in [0.15, 0.2) is 0 Å². The second-order valence-corrected chi connectivity index (χ2v) is 6.07. The van der Waals surface area contributed by atoms with Crippen molar-refractivity contribution in [3.63, 3.8) is 0 Å². The first-order chi connectivity index (χ1) is 10.6. The number of carboxylic acid groups (broad SMARTS) is 1. The number of aromatic nitrogens is 1. The number of para-hydroxylation sites is 1.